The molecule has 2 aromatic rings. The van der Waals surface area contributed by atoms with Crippen molar-refractivity contribution in [3.8, 4) is 5.75 Å². The minimum atomic E-state index is -4.21. The molecule has 3 aliphatic rings. The summed E-state index contributed by atoms with van der Waals surface area (Å²) in [4.78, 5) is 28.9. The zero-order chi connectivity index (χ0) is 28.4. The number of fused-ring (bicyclic) bond motifs is 3. The molecule has 2 aliphatic heterocycles. The number of sulfonamides is 1. The summed E-state index contributed by atoms with van der Waals surface area (Å²) in [5, 5.41) is 0.692. The highest BCUT2D eigenvalue weighted by atomic mass is 35.5. The monoisotopic (exact) mass is 589 g/mol. The van der Waals surface area contributed by atoms with Gasteiger partial charge in [-0.15, -0.1) is 0 Å². The summed E-state index contributed by atoms with van der Waals surface area (Å²) in [6.45, 7) is 3.55. The second kappa shape index (κ2) is 12.0. The van der Waals surface area contributed by atoms with Gasteiger partial charge < -0.3 is 19.3 Å². The van der Waals surface area contributed by atoms with Crippen LogP contribution < -0.4 is 14.4 Å². The van der Waals surface area contributed by atoms with Gasteiger partial charge in [0.15, 0.2) is 0 Å². The Bertz CT molecular complexity index is 1380. The van der Waals surface area contributed by atoms with E-state index in [9.17, 15) is 18.0 Å². The van der Waals surface area contributed by atoms with Gasteiger partial charge in [0.05, 0.1) is 17.2 Å². The highest BCUT2D eigenvalue weighted by Gasteiger charge is 2.35. The number of ether oxygens (including phenoxy) is 2. The van der Waals surface area contributed by atoms with E-state index >= 15 is 0 Å². The molecule has 216 valence electrons. The van der Waals surface area contributed by atoms with Crippen molar-refractivity contribution in [2.45, 2.75) is 56.6 Å². The van der Waals surface area contributed by atoms with Gasteiger partial charge in [-0.2, -0.15) is 0 Å². The number of halogens is 1. The number of nitrogens with one attached hydrogen (secondary N) is 1. The SMILES string of the molecule is CC1C(=O)NS(=O)(=O)c2ccc3c(c2)N(CCCCc2cc(Cl)ccc2CO3)C[C@@H]2CCC2COCC(=O)N1C. The van der Waals surface area contributed by atoms with E-state index in [4.69, 9.17) is 21.1 Å². The van der Waals surface area contributed by atoms with Crippen molar-refractivity contribution in [2.24, 2.45) is 11.8 Å². The molecule has 1 N–H and O–H groups in total. The lowest BCUT2D eigenvalue weighted by molar-refractivity contribution is -0.142. The smallest absolute Gasteiger partial charge is 0.264 e. The summed E-state index contributed by atoms with van der Waals surface area (Å²) in [6.07, 6.45) is 4.75. The van der Waals surface area contributed by atoms with E-state index in [2.05, 4.69) is 9.62 Å². The fourth-order valence-corrected chi connectivity index (χ4v) is 6.80. The van der Waals surface area contributed by atoms with Gasteiger partial charge in [0.2, 0.25) is 5.91 Å². The first-order valence-corrected chi connectivity index (χ1v) is 15.7. The third kappa shape index (κ3) is 6.24. The molecule has 9 nitrogen and oxygen atoms in total. The van der Waals surface area contributed by atoms with Gasteiger partial charge in [0.1, 0.15) is 25.0 Å². The number of benzene rings is 2. The van der Waals surface area contributed by atoms with Crippen molar-refractivity contribution in [1.82, 2.24) is 9.62 Å². The standard InChI is InChI=1S/C29H36ClN3O6S/c1-19-29(35)31-40(36,37)25-10-11-27-26(14-25)33(15-21-6-7-22(21)16-38-18-28(34)32(19)2)12-4-3-5-20-13-24(30)9-8-23(20)17-39-27/h8-11,13-14,19,21-22H,3-7,12,15-18H2,1-2H3,(H,31,35)/t19?,21-,22?/m0/s1. The summed E-state index contributed by atoms with van der Waals surface area (Å²) in [5.41, 5.74) is 2.89. The molecule has 11 heteroatoms. The van der Waals surface area contributed by atoms with Crippen molar-refractivity contribution in [3.63, 3.8) is 0 Å². The number of carbonyl (C=O) groups excluding carboxylic acids is 2. The highest BCUT2D eigenvalue weighted by Crippen LogP contribution is 2.39. The Morgan fingerprint density at radius 1 is 1.00 bits per heavy atom. The zero-order valence-electron chi connectivity index (χ0n) is 22.9. The van der Waals surface area contributed by atoms with E-state index in [1.807, 2.05) is 18.2 Å². The topological polar surface area (TPSA) is 105 Å². The Kier molecular flexibility index (Phi) is 8.58. The normalized spacial score (nSPS) is 25.8. The predicted octanol–water partition coefficient (Wildman–Crippen LogP) is 3.77. The maximum absolute atomic E-state index is 13.3. The average Bonchev–Trinajstić information content (AvgIpc) is 2.94. The fourth-order valence-electron chi connectivity index (χ4n) is 5.53. The van der Waals surface area contributed by atoms with Crippen LogP contribution in [-0.2, 0) is 37.4 Å². The van der Waals surface area contributed by atoms with Gasteiger partial charge in [-0.1, -0.05) is 17.7 Å². The summed E-state index contributed by atoms with van der Waals surface area (Å²) < 4.78 is 41.0. The molecule has 0 spiro atoms. The van der Waals surface area contributed by atoms with E-state index in [0.29, 0.717) is 54.6 Å². The molecule has 2 unspecified atom stereocenters. The lowest BCUT2D eigenvalue weighted by Gasteiger charge is -2.41. The second-order valence-corrected chi connectivity index (χ2v) is 13.1. The Morgan fingerprint density at radius 2 is 1.80 bits per heavy atom. The fraction of sp³-hybridized carbons (Fsp3) is 0.517. The first-order valence-electron chi connectivity index (χ1n) is 13.8. The molecule has 0 saturated heterocycles. The number of carbonyl (C=O) groups is 2. The van der Waals surface area contributed by atoms with Crippen molar-refractivity contribution in [3.05, 3.63) is 52.5 Å². The van der Waals surface area contributed by atoms with Crippen molar-refractivity contribution in [1.29, 1.82) is 0 Å². The van der Waals surface area contributed by atoms with Crippen LogP contribution in [0.4, 0.5) is 5.69 Å². The van der Waals surface area contributed by atoms with Gasteiger partial charge in [-0.25, -0.2) is 13.1 Å². The van der Waals surface area contributed by atoms with Gasteiger partial charge in [-0.3, -0.25) is 9.59 Å². The first kappa shape index (κ1) is 28.7. The molecule has 40 heavy (non-hydrogen) atoms. The van der Waals surface area contributed by atoms with Crippen LogP contribution >= 0.6 is 11.6 Å². The molecule has 0 radical (unpaired) electrons. The van der Waals surface area contributed by atoms with Crippen LogP contribution in [0.5, 0.6) is 5.75 Å². The molecular formula is C29H36ClN3O6S. The van der Waals surface area contributed by atoms with E-state index in [1.165, 1.54) is 24.9 Å². The van der Waals surface area contributed by atoms with Crippen LogP contribution in [0.1, 0.15) is 43.7 Å². The van der Waals surface area contributed by atoms with Gasteiger partial charge in [0.25, 0.3) is 15.9 Å². The van der Waals surface area contributed by atoms with Crippen molar-refractivity contribution in [2.75, 3.05) is 38.3 Å². The summed E-state index contributed by atoms with van der Waals surface area (Å²) in [6, 6.07) is 9.55. The lowest BCUT2D eigenvalue weighted by atomic mass is 9.73. The van der Waals surface area contributed by atoms with E-state index < -0.39 is 22.0 Å². The summed E-state index contributed by atoms with van der Waals surface area (Å²) in [7, 11) is -2.74. The van der Waals surface area contributed by atoms with Crippen molar-refractivity contribution >= 4 is 39.1 Å². The predicted molar refractivity (Wildman–Crippen MR) is 152 cm³/mol. The summed E-state index contributed by atoms with van der Waals surface area (Å²) in [5.74, 6) is 0.0596. The summed E-state index contributed by atoms with van der Waals surface area (Å²) >= 11 is 6.28. The minimum Gasteiger partial charge on any atom is -0.487 e. The molecule has 1 fully saturated rings. The number of amides is 2. The number of nitrogens with zero attached hydrogens (tertiary/aromatic N) is 2. The van der Waals surface area contributed by atoms with Crippen LogP contribution in [0.15, 0.2) is 41.3 Å². The quantitative estimate of drug-likeness (QED) is 0.499. The molecule has 5 rings (SSSR count). The number of aryl methyl sites for hydroxylation is 1. The molecule has 3 atom stereocenters. The van der Waals surface area contributed by atoms with Crippen LogP contribution in [-0.4, -0.2) is 64.5 Å². The third-order valence-corrected chi connectivity index (χ3v) is 10.0. The number of hydrogen-bond acceptors (Lipinski definition) is 7. The van der Waals surface area contributed by atoms with Gasteiger partial charge >= 0.3 is 0 Å². The number of anilines is 1. The van der Waals surface area contributed by atoms with E-state index in [1.54, 1.807) is 12.1 Å². The van der Waals surface area contributed by atoms with Crippen LogP contribution in [0.25, 0.3) is 0 Å². The molecule has 1 aliphatic carbocycles. The molecule has 2 bridgehead atoms. The lowest BCUT2D eigenvalue weighted by Crippen LogP contribution is -2.48. The molecular weight excluding hydrogens is 554 g/mol. The zero-order valence-corrected chi connectivity index (χ0v) is 24.5. The maximum atomic E-state index is 13.3. The molecule has 2 heterocycles. The highest BCUT2D eigenvalue weighted by molar-refractivity contribution is 7.90. The Labute approximate surface area is 240 Å². The van der Waals surface area contributed by atoms with Crippen LogP contribution in [0, 0.1) is 11.8 Å². The van der Waals surface area contributed by atoms with E-state index in [0.717, 1.165) is 43.2 Å². The Hall–Kier alpha value is -2.82. The molecule has 2 amide bonds. The van der Waals surface area contributed by atoms with Gasteiger partial charge in [0, 0.05) is 25.2 Å². The third-order valence-electron chi connectivity index (χ3n) is 8.43. The molecule has 2 aromatic carbocycles. The Morgan fingerprint density at radius 3 is 2.58 bits per heavy atom. The molecule has 1 saturated carbocycles. The van der Waals surface area contributed by atoms with Crippen LogP contribution in [0.3, 0.4) is 0 Å². The number of hydrogen-bond donors (Lipinski definition) is 1. The second-order valence-electron chi connectivity index (χ2n) is 11.0. The molecule has 0 aromatic heterocycles. The number of likely N-dealkylation sites (N-methyl/N-ethyl adjacent to an activating group) is 1. The average molecular weight is 590 g/mol. The maximum Gasteiger partial charge on any atom is 0.264 e. The number of rotatable bonds is 0. The van der Waals surface area contributed by atoms with Crippen LogP contribution in [0.2, 0.25) is 5.02 Å². The van der Waals surface area contributed by atoms with Crippen molar-refractivity contribution < 1.29 is 27.5 Å². The Balaban J connectivity index is 1.53. The van der Waals surface area contributed by atoms with Gasteiger partial charge in [-0.05, 0) is 92.3 Å². The largest absolute Gasteiger partial charge is 0.487 e. The minimum absolute atomic E-state index is 0.0305. The first-order chi connectivity index (χ1) is 19.1. The van der Waals surface area contributed by atoms with E-state index in [-0.39, 0.29) is 17.4 Å².